The Balaban J connectivity index is 0.000000397. The fraction of sp³-hybridized carbons (Fsp3) is 0.261. The molecule has 5 nitrogen and oxygen atoms in total. The van der Waals surface area contributed by atoms with Crippen molar-refractivity contribution >= 4 is 17.5 Å². The van der Waals surface area contributed by atoms with Crippen LogP contribution in [0, 0.1) is 0 Å². The van der Waals surface area contributed by atoms with E-state index >= 15 is 0 Å². The lowest BCUT2D eigenvalue weighted by molar-refractivity contribution is -0.121. The second-order valence-electron chi connectivity index (χ2n) is 6.39. The van der Waals surface area contributed by atoms with Gasteiger partial charge < -0.3 is 10.4 Å². The summed E-state index contributed by atoms with van der Waals surface area (Å²) >= 11 is 0. The maximum absolute atomic E-state index is 12.5. The van der Waals surface area contributed by atoms with Crippen LogP contribution in [-0.4, -0.2) is 35.7 Å². The van der Waals surface area contributed by atoms with E-state index in [9.17, 15) is 14.4 Å². The molecule has 28 heavy (non-hydrogen) atoms. The topological polar surface area (TPSA) is 83.5 Å². The summed E-state index contributed by atoms with van der Waals surface area (Å²) in [5.74, 6) is -0.402. The van der Waals surface area contributed by atoms with Crippen molar-refractivity contribution in [2.24, 2.45) is 0 Å². The van der Waals surface area contributed by atoms with E-state index in [1.807, 2.05) is 36.4 Å². The molecule has 1 aliphatic rings. The molecular formula is C23H25NO4. The van der Waals surface area contributed by atoms with Crippen LogP contribution < -0.4 is 5.32 Å². The lowest BCUT2D eigenvalue weighted by Gasteiger charge is -2.18. The lowest BCUT2D eigenvalue weighted by Crippen LogP contribution is -2.26. The Labute approximate surface area is 165 Å². The van der Waals surface area contributed by atoms with Gasteiger partial charge in [0.15, 0.2) is 11.6 Å². The molecule has 0 fully saturated rings. The number of hydrogen-bond acceptors (Lipinski definition) is 4. The molecule has 0 aliphatic heterocycles. The largest absolute Gasteiger partial charge is 0.395 e. The van der Waals surface area contributed by atoms with Gasteiger partial charge in [0, 0.05) is 35.2 Å². The van der Waals surface area contributed by atoms with Crippen LogP contribution in [0.5, 0.6) is 0 Å². The number of carbonyl (C=O) groups excluding carboxylic acids is 3. The van der Waals surface area contributed by atoms with Gasteiger partial charge in [-0.15, -0.1) is 0 Å². The molecule has 0 unspecified atom stereocenters. The van der Waals surface area contributed by atoms with Crippen LogP contribution >= 0.6 is 0 Å². The first-order chi connectivity index (χ1) is 13.6. The van der Waals surface area contributed by atoms with E-state index in [0.29, 0.717) is 35.1 Å². The molecule has 0 atom stereocenters. The Bertz CT molecular complexity index is 829. The van der Waals surface area contributed by atoms with E-state index in [-0.39, 0.29) is 37.0 Å². The van der Waals surface area contributed by atoms with E-state index in [2.05, 4.69) is 5.32 Å². The van der Waals surface area contributed by atoms with E-state index in [1.54, 1.807) is 31.2 Å². The van der Waals surface area contributed by atoms with Crippen molar-refractivity contribution in [2.75, 3.05) is 13.2 Å². The quantitative estimate of drug-likeness (QED) is 0.806. The van der Waals surface area contributed by atoms with Crippen molar-refractivity contribution in [2.45, 2.75) is 26.2 Å². The molecule has 3 rings (SSSR count). The maximum Gasteiger partial charge on any atom is 0.220 e. The summed E-state index contributed by atoms with van der Waals surface area (Å²) in [6.45, 7) is 1.79. The molecule has 0 radical (unpaired) electrons. The van der Waals surface area contributed by atoms with Crippen molar-refractivity contribution in [3.05, 3.63) is 82.9 Å². The molecule has 0 saturated heterocycles. The van der Waals surface area contributed by atoms with Crippen molar-refractivity contribution in [3.8, 4) is 0 Å². The zero-order valence-corrected chi connectivity index (χ0v) is 16.0. The number of carbonyl (C=O) groups is 3. The van der Waals surface area contributed by atoms with Crippen LogP contribution in [0.15, 0.2) is 71.8 Å². The number of aliphatic hydroxyl groups excluding tert-OH is 1. The van der Waals surface area contributed by atoms with Crippen molar-refractivity contribution in [1.82, 2.24) is 5.32 Å². The average Bonchev–Trinajstić information content (AvgIpc) is 2.74. The summed E-state index contributed by atoms with van der Waals surface area (Å²) in [4.78, 5) is 36.2. The maximum atomic E-state index is 12.5. The zero-order chi connectivity index (χ0) is 20.4. The SMILES string of the molecule is CC1=C(CCCC(=O)NCCO)C(=O)c2ccccc2C1=O.c1ccccc1. The van der Waals surface area contributed by atoms with Gasteiger partial charge in [-0.1, -0.05) is 60.7 Å². The number of rotatable bonds is 6. The first kappa shape index (κ1) is 21.3. The van der Waals surface area contributed by atoms with Crippen LogP contribution in [0.3, 0.4) is 0 Å². The van der Waals surface area contributed by atoms with Crippen molar-refractivity contribution < 1.29 is 19.5 Å². The number of nitrogens with one attached hydrogen (secondary N) is 1. The Morgan fingerprint density at radius 3 is 1.96 bits per heavy atom. The van der Waals surface area contributed by atoms with Crippen molar-refractivity contribution in [1.29, 1.82) is 0 Å². The molecule has 5 heteroatoms. The van der Waals surface area contributed by atoms with Gasteiger partial charge in [-0.25, -0.2) is 0 Å². The number of allylic oxidation sites excluding steroid dienone is 2. The van der Waals surface area contributed by atoms with E-state index in [4.69, 9.17) is 5.11 Å². The number of amides is 1. The van der Waals surface area contributed by atoms with Crippen LogP contribution in [0.2, 0.25) is 0 Å². The molecule has 2 aromatic carbocycles. The first-order valence-electron chi connectivity index (χ1n) is 9.32. The molecule has 0 aromatic heterocycles. The Hall–Kier alpha value is -3.05. The molecular weight excluding hydrogens is 354 g/mol. The van der Waals surface area contributed by atoms with Gasteiger partial charge >= 0.3 is 0 Å². The Morgan fingerprint density at radius 2 is 1.43 bits per heavy atom. The second kappa shape index (κ2) is 10.9. The predicted molar refractivity (Wildman–Crippen MR) is 108 cm³/mol. The lowest BCUT2D eigenvalue weighted by atomic mass is 9.83. The highest BCUT2D eigenvalue weighted by molar-refractivity contribution is 6.26. The minimum Gasteiger partial charge on any atom is -0.395 e. The molecule has 0 bridgehead atoms. The summed E-state index contributed by atoms with van der Waals surface area (Å²) in [7, 11) is 0. The van der Waals surface area contributed by atoms with Gasteiger partial charge in [0.25, 0.3) is 0 Å². The Kier molecular flexibility index (Phi) is 8.31. The van der Waals surface area contributed by atoms with Gasteiger partial charge in [0.2, 0.25) is 5.91 Å². The number of ketones is 2. The summed E-state index contributed by atoms with van der Waals surface area (Å²) in [6, 6.07) is 18.8. The van der Waals surface area contributed by atoms with E-state index in [0.717, 1.165) is 0 Å². The van der Waals surface area contributed by atoms with Crippen LogP contribution in [0.25, 0.3) is 0 Å². The molecule has 2 N–H and O–H groups in total. The highest BCUT2D eigenvalue weighted by atomic mass is 16.3. The first-order valence-corrected chi connectivity index (χ1v) is 9.32. The number of hydrogen-bond donors (Lipinski definition) is 2. The monoisotopic (exact) mass is 379 g/mol. The zero-order valence-electron chi connectivity index (χ0n) is 16.0. The second-order valence-corrected chi connectivity index (χ2v) is 6.39. The number of aliphatic hydroxyl groups is 1. The Morgan fingerprint density at radius 1 is 0.893 bits per heavy atom. The van der Waals surface area contributed by atoms with Crippen LogP contribution in [-0.2, 0) is 4.79 Å². The van der Waals surface area contributed by atoms with Crippen molar-refractivity contribution in [3.63, 3.8) is 0 Å². The summed E-state index contributed by atoms with van der Waals surface area (Å²) < 4.78 is 0. The van der Waals surface area contributed by atoms with Crippen LogP contribution in [0.4, 0.5) is 0 Å². The molecule has 0 saturated carbocycles. The third kappa shape index (κ3) is 5.72. The standard InChI is InChI=1S/C17H19NO4.C6H6/c1-11-12(7-4-8-15(20)18-9-10-19)17(22)14-6-3-2-5-13(14)16(11)21;1-2-4-6-5-3-1/h2-3,5-6,19H,4,7-10H2,1H3,(H,18,20);1-6H. The molecule has 1 aliphatic carbocycles. The smallest absolute Gasteiger partial charge is 0.220 e. The van der Waals surface area contributed by atoms with Gasteiger partial charge in [-0.3, -0.25) is 14.4 Å². The van der Waals surface area contributed by atoms with Gasteiger partial charge in [-0.2, -0.15) is 0 Å². The number of fused-ring (bicyclic) bond motifs is 1. The van der Waals surface area contributed by atoms with E-state index in [1.165, 1.54) is 0 Å². The van der Waals surface area contributed by atoms with Gasteiger partial charge in [0.05, 0.1) is 6.61 Å². The fourth-order valence-electron chi connectivity index (χ4n) is 2.95. The summed E-state index contributed by atoms with van der Waals surface area (Å²) in [5, 5.41) is 11.2. The highest BCUT2D eigenvalue weighted by Gasteiger charge is 2.28. The molecule has 2 aromatic rings. The number of Topliss-reactive ketones (excluding diaryl/α,β-unsaturated/α-hetero) is 2. The highest BCUT2D eigenvalue weighted by Crippen LogP contribution is 2.28. The third-order valence-electron chi connectivity index (χ3n) is 4.41. The van der Waals surface area contributed by atoms with E-state index < -0.39 is 0 Å². The predicted octanol–water partition coefficient (Wildman–Crippen LogP) is 3.35. The molecule has 1 amide bonds. The van der Waals surface area contributed by atoms with Gasteiger partial charge in [0.1, 0.15) is 0 Å². The minimum atomic E-state index is -0.165. The summed E-state index contributed by atoms with van der Waals surface area (Å²) in [6.07, 6.45) is 1.16. The minimum absolute atomic E-state index is 0.0974. The molecule has 0 spiro atoms. The third-order valence-corrected chi connectivity index (χ3v) is 4.41. The fourth-order valence-corrected chi connectivity index (χ4v) is 2.95. The van der Waals surface area contributed by atoms with Crippen LogP contribution in [0.1, 0.15) is 46.9 Å². The average molecular weight is 379 g/mol. The molecule has 146 valence electrons. The van der Waals surface area contributed by atoms with Gasteiger partial charge in [-0.05, 0) is 19.8 Å². The summed E-state index contributed by atoms with van der Waals surface area (Å²) in [5.41, 5.74) is 1.87. The molecule has 0 heterocycles. The number of benzene rings is 2. The normalized spacial score (nSPS) is 12.8.